The molecular formula is C13H15FO2. The largest absolute Gasteiger partial charge is 0.466 e. The molecule has 0 N–H and O–H groups in total. The average molecular weight is 222 g/mol. The maximum atomic E-state index is 13.4. The van der Waals surface area contributed by atoms with Crippen LogP contribution in [0.4, 0.5) is 4.39 Å². The van der Waals surface area contributed by atoms with Crippen LogP contribution < -0.4 is 0 Å². The number of esters is 1. The highest BCUT2D eigenvalue weighted by Crippen LogP contribution is 2.14. The van der Waals surface area contributed by atoms with E-state index in [4.69, 9.17) is 4.74 Å². The maximum Gasteiger partial charge on any atom is 0.309 e. The number of carbonyl (C=O) groups is 1. The Morgan fingerprint density at radius 1 is 1.50 bits per heavy atom. The second kappa shape index (κ2) is 6.05. The molecule has 0 saturated carbocycles. The van der Waals surface area contributed by atoms with E-state index in [-0.39, 0.29) is 18.2 Å². The molecule has 0 aliphatic rings. The molecule has 0 amide bonds. The van der Waals surface area contributed by atoms with E-state index in [1.807, 2.05) is 13.0 Å². The van der Waals surface area contributed by atoms with Crippen molar-refractivity contribution in [2.45, 2.75) is 20.3 Å². The number of halogens is 1. The number of benzene rings is 1. The van der Waals surface area contributed by atoms with Crippen molar-refractivity contribution in [2.75, 3.05) is 6.61 Å². The van der Waals surface area contributed by atoms with Gasteiger partial charge >= 0.3 is 5.97 Å². The smallest absolute Gasteiger partial charge is 0.309 e. The summed E-state index contributed by atoms with van der Waals surface area (Å²) in [4.78, 5) is 11.0. The Labute approximate surface area is 94.7 Å². The third kappa shape index (κ3) is 3.50. The summed E-state index contributed by atoms with van der Waals surface area (Å²) in [6.07, 6.45) is 3.40. The minimum absolute atomic E-state index is 0.168. The Kier molecular flexibility index (Phi) is 4.70. The Hall–Kier alpha value is -1.64. The van der Waals surface area contributed by atoms with Gasteiger partial charge in [0, 0.05) is 5.56 Å². The van der Waals surface area contributed by atoms with Gasteiger partial charge in [-0.3, -0.25) is 4.79 Å². The Balaban J connectivity index is 2.66. The second-order valence-corrected chi connectivity index (χ2v) is 3.38. The zero-order chi connectivity index (χ0) is 12.0. The van der Waals surface area contributed by atoms with Gasteiger partial charge in [0.25, 0.3) is 0 Å². The summed E-state index contributed by atoms with van der Waals surface area (Å²) < 4.78 is 18.1. The molecule has 0 heterocycles. The Morgan fingerprint density at radius 3 is 2.88 bits per heavy atom. The van der Waals surface area contributed by atoms with Gasteiger partial charge in [-0.1, -0.05) is 24.3 Å². The van der Waals surface area contributed by atoms with Crippen LogP contribution in [0.5, 0.6) is 0 Å². The SMILES string of the molecule is CCOC(=O)CC=Cc1c(C)cccc1F. The molecule has 0 bridgehead atoms. The van der Waals surface area contributed by atoms with Crippen LogP contribution in [0.25, 0.3) is 6.08 Å². The molecule has 0 atom stereocenters. The number of aryl methyl sites for hydroxylation is 1. The first-order valence-corrected chi connectivity index (χ1v) is 5.22. The van der Waals surface area contributed by atoms with E-state index in [9.17, 15) is 9.18 Å². The lowest BCUT2D eigenvalue weighted by Gasteiger charge is -2.01. The first-order chi connectivity index (χ1) is 7.65. The average Bonchev–Trinajstić information content (AvgIpc) is 2.23. The van der Waals surface area contributed by atoms with Crippen molar-refractivity contribution in [3.8, 4) is 0 Å². The first-order valence-electron chi connectivity index (χ1n) is 5.22. The van der Waals surface area contributed by atoms with Gasteiger partial charge in [0.1, 0.15) is 5.82 Å². The summed E-state index contributed by atoms with van der Waals surface area (Å²) in [5.41, 5.74) is 1.37. The van der Waals surface area contributed by atoms with Crippen LogP contribution in [0, 0.1) is 12.7 Å². The van der Waals surface area contributed by atoms with E-state index in [0.717, 1.165) is 5.56 Å². The molecule has 1 rings (SSSR count). The van der Waals surface area contributed by atoms with E-state index < -0.39 is 0 Å². The number of hydrogen-bond donors (Lipinski definition) is 0. The van der Waals surface area contributed by atoms with Crippen LogP contribution in [0.15, 0.2) is 24.3 Å². The highest BCUT2D eigenvalue weighted by atomic mass is 19.1. The zero-order valence-electron chi connectivity index (χ0n) is 9.50. The summed E-state index contributed by atoms with van der Waals surface area (Å²) >= 11 is 0. The van der Waals surface area contributed by atoms with E-state index in [2.05, 4.69) is 0 Å². The number of carbonyl (C=O) groups excluding carboxylic acids is 1. The lowest BCUT2D eigenvalue weighted by atomic mass is 10.1. The zero-order valence-corrected chi connectivity index (χ0v) is 9.50. The molecule has 0 spiro atoms. The number of ether oxygens (including phenoxy) is 1. The predicted molar refractivity (Wildman–Crippen MR) is 61.4 cm³/mol. The minimum Gasteiger partial charge on any atom is -0.466 e. The molecule has 0 aliphatic heterocycles. The topological polar surface area (TPSA) is 26.3 Å². The van der Waals surface area contributed by atoms with Crippen molar-refractivity contribution in [1.82, 2.24) is 0 Å². The van der Waals surface area contributed by atoms with Crippen molar-refractivity contribution in [3.05, 3.63) is 41.2 Å². The lowest BCUT2D eigenvalue weighted by Crippen LogP contribution is -2.01. The van der Waals surface area contributed by atoms with Crippen LogP contribution in [0.1, 0.15) is 24.5 Å². The standard InChI is InChI=1S/C13H15FO2/c1-3-16-13(15)9-5-7-11-10(2)6-4-8-12(11)14/h4-8H,3,9H2,1-2H3. The normalized spacial score (nSPS) is 10.7. The molecule has 0 unspecified atom stereocenters. The molecule has 0 aromatic heterocycles. The van der Waals surface area contributed by atoms with Crippen molar-refractivity contribution in [3.63, 3.8) is 0 Å². The van der Waals surface area contributed by atoms with Gasteiger partial charge in [-0.15, -0.1) is 0 Å². The molecule has 0 aliphatic carbocycles. The number of hydrogen-bond acceptors (Lipinski definition) is 2. The third-order valence-corrected chi connectivity index (χ3v) is 2.15. The van der Waals surface area contributed by atoms with Gasteiger partial charge in [0.05, 0.1) is 13.0 Å². The van der Waals surface area contributed by atoms with Gasteiger partial charge in [-0.05, 0) is 25.5 Å². The fourth-order valence-corrected chi connectivity index (χ4v) is 1.35. The molecule has 0 radical (unpaired) electrons. The molecule has 3 heteroatoms. The third-order valence-electron chi connectivity index (χ3n) is 2.15. The lowest BCUT2D eigenvalue weighted by molar-refractivity contribution is -0.142. The van der Waals surface area contributed by atoms with Crippen molar-refractivity contribution >= 4 is 12.0 Å². The van der Waals surface area contributed by atoms with Crippen molar-refractivity contribution in [1.29, 1.82) is 0 Å². The van der Waals surface area contributed by atoms with Crippen LogP contribution in [-0.4, -0.2) is 12.6 Å². The summed E-state index contributed by atoms with van der Waals surface area (Å²) in [7, 11) is 0. The van der Waals surface area contributed by atoms with Crippen molar-refractivity contribution in [2.24, 2.45) is 0 Å². The molecule has 0 saturated heterocycles. The monoisotopic (exact) mass is 222 g/mol. The number of rotatable bonds is 4. The quantitative estimate of drug-likeness (QED) is 0.732. The van der Waals surface area contributed by atoms with Crippen LogP contribution in [0.2, 0.25) is 0 Å². The van der Waals surface area contributed by atoms with Crippen LogP contribution in [-0.2, 0) is 9.53 Å². The molecule has 16 heavy (non-hydrogen) atoms. The van der Waals surface area contributed by atoms with E-state index in [1.165, 1.54) is 6.07 Å². The van der Waals surface area contributed by atoms with Gasteiger partial charge in [-0.25, -0.2) is 4.39 Å². The van der Waals surface area contributed by atoms with E-state index in [0.29, 0.717) is 12.2 Å². The van der Waals surface area contributed by atoms with E-state index >= 15 is 0 Å². The fourth-order valence-electron chi connectivity index (χ4n) is 1.35. The summed E-state index contributed by atoms with van der Waals surface area (Å²) in [6.45, 7) is 3.95. The molecule has 86 valence electrons. The summed E-state index contributed by atoms with van der Waals surface area (Å²) in [5, 5.41) is 0. The highest BCUT2D eigenvalue weighted by Gasteiger charge is 2.01. The van der Waals surface area contributed by atoms with Gasteiger partial charge in [0.15, 0.2) is 0 Å². The molecule has 2 nitrogen and oxygen atoms in total. The van der Waals surface area contributed by atoms with Crippen LogP contribution >= 0.6 is 0 Å². The Bertz CT molecular complexity index is 377. The van der Waals surface area contributed by atoms with E-state index in [1.54, 1.807) is 25.1 Å². The van der Waals surface area contributed by atoms with Gasteiger partial charge in [-0.2, -0.15) is 0 Å². The second-order valence-electron chi connectivity index (χ2n) is 3.38. The summed E-state index contributed by atoms with van der Waals surface area (Å²) in [6, 6.07) is 4.89. The predicted octanol–water partition coefficient (Wildman–Crippen LogP) is 3.10. The molecule has 0 fully saturated rings. The minimum atomic E-state index is -0.298. The van der Waals surface area contributed by atoms with Gasteiger partial charge in [0.2, 0.25) is 0 Å². The Morgan fingerprint density at radius 2 is 2.25 bits per heavy atom. The molecule has 1 aromatic rings. The van der Waals surface area contributed by atoms with Crippen molar-refractivity contribution < 1.29 is 13.9 Å². The highest BCUT2D eigenvalue weighted by molar-refractivity contribution is 5.72. The van der Waals surface area contributed by atoms with Gasteiger partial charge < -0.3 is 4.74 Å². The van der Waals surface area contributed by atoms with Crippen LogP contribution in [0.3, 0.4) is 0 Å². The summed E-state index contributed by atoms with van der Waals surface area (Å²) in [5.74, 6) is -0.576. The fraction of sp³-hybridized carbons (Fsp3) is 0.308. The molecule has 1 aromatic carbocycles. The maximum absolute atomic E-state index is 13.4. The molecular weight excluding hydrogens is 207 g/mol. The first kappa shape index (κ1) is 12.4.